The van der Waals surface area contributed by atoms with E-state index >= 15 is 0 Å². The molecule has 1 fully saturated rings. The van der Waals surface area contributed by atoms with Crippen molar-refractivity contribution < 1.29 is 9.47 Å². The van der Waals surface area contributed by atoms with Gasteiger partial charge in [-0.3, -0.25) is 0 Å². The molecule has 1 aromatic carbocycles. The highest BCUT2D eigenvalue weighted by Crippen LogP contribution is 2.18. The van der Waals surface area contributed by atoms with Crippen LogP contribution in [0.5, 0.6) is 5.75 Å². The summed E-state index contributed by atoms with van der Waals surface area (Å²) in [6.07, 6.45) is 4.12. The van der Waals surface area contributed by atoms with Crippen molar-refractivity contribution in [1.29, 1.82) is 0 Å². The van der Waals surface area contributed by atoms with Crippen LogP contribution in [-0.2, 0) is 4.74 Å². The van der Waals surface area contributed by atoms with Gasteiger partial charge in [-0.15, -0.1) is 0 Å². The lowest BCUT2D eigenvalue weighted by Crippen LogP contribution is -2.25. The first kappa shape index (κ1) is 10.2. The van der Waals surface area contributed by atoms with Crippen LogP contribution < -0.4 is 4.74 Å². The minimum atomic E-state index is 0.313. The highest BCUT2D eigenvalue weighted by Gasteiger charge is 2.14. The SMILES string of the molecule is C=Cc1ccc(OC2CCOCC2)cc1. The van der Waals surface area contributed by atoms with Crippen molar-refractivity contribution in [2.45, 2.75) is 18.9 Å². The molecule has 0 atom stereocenters. The topological polar surface area (TPSA) is 18.5 Å². The van der Waals surface area contributed by atoms with Crippen molar-refractivity contribution in [3.63, 3.8) is 0 Å². The molecule has 0 radical (unpaired) electrons. The van der Waals surface area contributed by atoms with Gasteiger partial charge in [0.25, 0.3) is 0 Å². The second-order valence-electron chi connectivity index (χ2n) is 3.70. The smallest absolute Gasteiger partial charge is 0.119 e. The zero-order chi connectivity index (χ0) is 10.5. The third-order valence-electron chi connectivity index (χ3n) is 2.59. The largest absolute Gasteiger partial charge is 0.490 e. The zero-order valence-corrected chi connectivity index (χ0v) is 8.82. The summed E-state index contributed by atoms with van der Waals surface area (Å²) in [7, 11) is 0. The Morgan fingerprint density at radius 3 is 2.47 bits per heavy atom. The molecule has 0 amide bonds. The van der Waals surface area contributed by atoms with Gasteiger partial charge in [0, 0.05) is 12.8 Å². The van der Waals surface area contributed by atoms with Crippen molar-refractivity contribution in [3.05, 3.63) is 36.4 Å². The van der Waals surface area contributed by atoms with E-state index in [-0.39, 0.29) is 0 Å². The fourth-order valence-electron chi connectivity index (χ4n) is 1.67. The number of rotatable bonds is 3. The Bertz CT molecular complexity index is 310. The van der Waals surface area contributed by atoms with Crippen LogP contribution in [0.1, 0.15) is 18.4 Å². The molecule has 0 spiro atoms. The summed E-state index contributed by atoms with van der Waals surface area (Å²) in [4.78, 5) is 0. The molecule has 1 aliphatic rings. The van der Waals surface area contributed by atoms with Crippen molar-refractivity contribution in [2.24, 2.45) is 0 Å². The Morgan fingerprint density at radius 2 is 1.87 bits per heavy atom. The Hall–Kier alpha value is -1.28. The summed E-state index contributed by atoms with van der Waals surface area (Å²) in [6, 6.07) is 8.02. The summed E-state index contributed by atoms with van der Waals surface area (Å²) in [5.74, 6) is 0.938. The Morgan fingerprint density at radius 1 is 1.20 bits per heavy atom. The molecule has 0 aliphatic carbocycles. The van der Waals surface area contributed by atoms with Gasteiger partial charge in [0.15, 0.2) is 0 Å². The molecule has 0 unspecified atom stereocenters. The molecule has 1 aromatic rings. The Balaban J connectivity index is 1.94. The van der Waals surface area contributed by atoms with Gasteiger partial charge < -0.3 is 9.47 Å². The highest BCUT2D eigenvalue weighted by atomic mass is 16.5. The van der Waals surface area contributed by atoms with Crippen LogP contribution in [0.3, 0.4) is 0 Å². The Labute approximate surface area is 90.5 Å². The third kappa shape index (κ3) is 2.83. The lowest BCUT2D eigenvalue weighted by molar-refractivity contribution is 0.0256. The first-order valence-electron chi connectivity index (χ1n) is 5.35. The van der Waals surface area contributed by atoms with Crippen molar-refractivity contribution in [3.8, 4) is 5.75 Å². The molecule has 0 N–H and O–H groups in total. The summed E-state index contributed by atoms with van der Waals surface area (Å²) in [5.41, 5.74) is 1.12. The summed E-state index contributed by atoms with van der Waals surface area (Å²) >= 11 is 0. The van der Waals surface area contributed by atoms with E-state index in [4.69, 9.17) is 9.47 Å². The highest BCUT2D eigenvalue weighted by molar-refractivity contribution is 5.48. The molecule has 1 heterocycles. The van der Waals surface area contributed by atoms with Gasteiger partial charge in [-0.1, -0.05) is 24.8 Å². The maximum atomic E-state index is 5.84. The minimum Gasteiger partial charge on any atom is -0.490 e. The average molecular weight is 204 g/mol. The van der Waals surface area contributed by atoms with E-state index in [1.807, 2.05) is 30.3 Å². The number of ether oxygens (including phenoxy) is 2. The molecular formula is C13H16O2. The minimum absolute atomic E-state index is 0.313. The van der Waals surface area contributed by atoms with E-state index in [1.54, 1.807) is 0 Å². The quantitative estimate of drug-likeness (QED) is 0.753. The molecule has 2 heteroatoms. The van der Waals surface area contributed by atoms with Crippen molar-refractivity contribution >= 4 is 6.08 Å². The van der Waals surface area contributed by atoms with Gasteiger partial charge >= 0.3 is 0 Å². The predicted molar refractivity (Wildman–Crippen MR) is 61.0 cm³/mol. The second kappa shape index (κ2) is 4.99. The predicted octanol–water partition coefficient (Wildman–Crippen LogP) is 2.89. The van der Waals surface area contributed by atoms with E-state index in [0.29, 0.717) is 6.10 Å². The van der Waals surface area contributed by atoms with Gasteiger partial charge in [0.2, 0.25) is 0 Å². The van der Waals surface area contributed by atoms with Gasteiger partial charge in [-0.2, -0.15) is 0 Å². The molecule has 2 rings (SSSR count). The molecule has 1 aliphatic heterocycles. The lowest BCUT2D eigenvalue weighted by atomic mass is 10.1. The molecule has 80 valence electrons. The van der Waals surface area contributed by atoms with Crippen LogP contribution in [0.2, 0.25) is 0 Å². The van der Waals surface area contributed by atoms with Crippen LogP contribution in [0.15, 0.2) is 30.8 Å². The molecule has 0 bridgehead atoms. The lowest BCUT2D eigenvalue weighted by Gasteiger charge is -2.23. The summed E-state index contributed by atoms with van der Waals surface area (Å²) in [5, 5.41) is 0. The van der Waals surface area contributed by atoms with Gasteiger partial charge in [0.05, 0.1) is 13.2 Å². The number of benzene rings is 1. The Kier molecular flexibility index (Phi) is 3.41. The average Bonchev–Trinajstić information content (AvgIpc) is 2.31. The fraction of sp³-hybridized carbons (Fsp3) is 0.385. The molecular weight excluding hydrogens is 188 g/mol. The van der Waals surface area contributed by atoms with E-state index in [0.717, 1.165) is 37.4 Å². The molecule has 2 nitrogen and oxygen atoms in total. The maximum absolute atomic E-state index is 5.84. The van der Waals surface area contributed by atoms with Crippen LogP contribution in [-0.4, -0.2) is 19.3 Å². The van der Waals surface area contributed by atoms with Gasteiger partial charge in [-0.25, -0.2) is 0 Å². The molecule has 15 heavy (non-hydrogen) atoms. The summed E-state index contributed by atoms with van der Waals surface area (Å²) in [6.45, 7) is 5.35. The first-order chi connectivity index (χ1) is 7.38. The third-order valence-corrected chi connectivity index (χ3v) is 2.59. The van der Waals surface area contributed by atoms with Crippen LogP contribution in [0.25, 0.3) is 6.08 Å². The van der Waals surface area contributed by atoms with Crippen LogP contribution in [0, 0.1) is 0 Å². The molecule has 0 saturated carbocycles. The van der Waals surface area contributed by atoms with Crippen LogP contribution >= 0.6 is 0 Å². The van der Waals surface area contributed by atoms with Crippen molar-refractivity contribution in [1.82, 2.24) is 0 Å². The fourth-order valence-corrected chi connectivity index (χ4v) is 1.67. The second-order valence-corrected chi connectivity index (χ2v) is 3.70. The van der Waals surface area contributed by atoms with Gasteiger partial charge in [0.1, 0.15) is 11.9 Å². The van der Waals surface area contributed by atoms with E-state index in [2.05, 4.69) is 6.58 Å². The molecule has 0 aromatic heterocycles. The van der Waals surface area contributed by atoms with Crippen LogP contribution in [0.4, 0.5) is 0 Å². The normalized spacial score (nSPS) is 17.3. The standard InChI is InChI=1S/C13H16O2/c1-2-11-3-5-12(6-4-11)15-13-7-9-14-10-8-13/h2-6,13H,1,7-10H2. The van der Waals surface area contributed by atoms with E-state index in [9.17, 15) is 0 Å². The first-order valence-corrected chi connectivity index (χ1v) is 5.35. The van der Waals surface area contributed by atoms with Crippen molar-refractivity contribution in [2.75, 3.05) is 13.2 Å². The molecule has 1 saturated heterocycles. The monoisotopic (exact) mass is 204 g/mol. The van der Waals surface area contributed by atoms with E-state index < -0.39 is 0 Å². The maximum Gasteiger partial charge on any atom is 0.119 e. The number of hydrogen-bond donors (Lipinski definition) is 0. The van der Waals surface area contributed by atoms with E-state index in [1.165, 1.54) is 0 Å². The summed E-state index contributed by atoms with van der Waals surface area (Å²) < 4.78 is 11.1. The van der Waals surface area contributed by atoms with Gasteiger partial charge in [-0.05, 0) is 17.7 Å². The zero-order valence-electron chi connectivity index (χ0n) is 8.82. The number of hydrogen-bond acceptors (Lipinski definition) is 2.